The monoisotopic (exact) mass is 229 g/mol. The number of hydrogen-bond donors (Lipinski definition) is 0. The third-order valence-corrected chi connectivity index (χ3v) is 1.11. The maximum atomic E-state index is 10.1. The molecule has 0 aromatic rings. The van der Waals surface area contributed by atoms with E-state index in [4.69, 9.17) is 0 Å². The van der Waals surface area contributed by atoms with Gasteiger partial charge in [-0.2, -0.15) is 0 Å². The molecule has 0 fully saturated rings. The zero-order valence-corrected chi connectivity index (χ0v) is 7.89. The van der Waals surface area contributed by atoms with E-state index < -0.39 is 0 Å². The van der Waals surface area contributed by atoms with Gasteiger partial charge in [0, 0.05) is 14.0 Å². The van der Waals surface area contributed by atoms with Crippen molar-refractivity contribution in [1.29, 1.82) is 0 Å². The van der Waals surface area contributed by atoms with Crippen molar-refractivity contribution in [3.63, 3.8) is 0 Å². The third kappa shape index (κ3) is 9.50. The topological polar surface area (TPSA) is 20.3 Å². The van der Waals surface area contributed by atoms with Gasteiger partial charge >= 0.3 is 0 Å². The molecule has 8 heavy (non-hydrogen) atoms. The van der Waals surface area contributed by atoms with Crippen LogP contribution < -0.4 is 0 Å². The van der Waals surface area contributed by atoms with Crippen LogP contribution in [0.3, 0.4) is 0 Å². The average Bonchev–Trinajstić information content (AvgIpc) is 1.72. The Morgan fingerprint density at radius 3 is 1.62 bits per heavy atom. The highest BCUT2D eigenvalue weighted by atomic mass is 127. The van der Waals surface area contributed by atoms with E-state index in [1.54, 1.807) is 7.05 Å². The van der Waals surface area contributed by atoms with Gasteiger partial charge in [0.05, 0.1) is 22.9 Å². The second kappa shape index (κ2) is 7.20. The molecule has 0 unspecified atom stereocenters. The summed E-state index contributed by atoms with van der Waals surface area (Å²) in [7, 11) is 1.71. The van der Waals surface area contributed by atoms with Crippen LogP contribution in [0.2, 0.25) is 0 Å². The standard InChI is InChI=1S/C3H6INO.C2H6/c1-3(6)5(2)4;1-2/h1-2H3;1-2H3. The van der Waals surface area contributed by atoms with Crippen LogP contribution in [-0.4, -0.2) is 16.1 Å². The molecule has 0 aliphatic carbocycles. The summed E-state index contributed by atoms with van der Waals surface area (Å²) in [6, 6.07) is 0. The van der Waals surface area contributed by atoms with Gasteiger partial charge in [-0.05, 0) is 0 Å². The van der Waals surface area contributed by atoms with Crippen LogP contribution in [0.5, 0.6) is 0 Å². The minimum Gasteiger partial charge on any atom is -0.288 e. The minimum atomic E-state index is 0.0793. The summed E-state index contributed by atoms with van der Waals surface area (Å²) in [4.78, 5) is 10.1. The summed E-state index contributed by atoms with van der Waals surface area (Å²) in [6.45, 7) is 5.52. The summed E-state index contributed by atoms with van der Waals surface area (Å²) in [5.41, 5.74) is 0. The fraction of sp³-hybridized carbons (Fsp3) is 0.800. The maximum absolute atomic E-state index is 10.1. The smallest absolute Gasteiger partial charge is 0.227 e. The van der Waals surface area contributed by atoms with Gasteiger partial charge < -0.3 is 0 Å². The largest absolute Gasteiger partial charge is 0.288 e. The Hall–Kier alpha value is 0.200. The summed E-state index contributed by atoms with van der Waals surface area (Å²) in [6.07, 6.45) is 0. The van der Waals surface area contributed by atoms with Gasteiger partial charge in [0.25, 0.3) is 0 Å². The van der Waals surface area contributed by atoms with Crippen molar-refractivity contribution in [2.24, 2.45) is 0 Å². The van der Waals surface area contributed by atoms with E-state index in [0.717, 1.165) is 0 Å². The molecule has 0 saturated heterocycles. The van der Waals surface area contributed by atoms with Gasteiger partial charge in [0.15, 0.2) is 0 Å². The first-order valence-electron chi connectivity index (χ1n) is 2.54. The molecule has 0 spiro atoms. The molecular formula is C5H12INO. The molecule has 0 aromatic heterocycles. The lowest BCUT2D eigenvalue weighted by molar-refractivity contribution is -0.122. The van der Waals surface area contributed by atoms with E-state index in [2.05, 4.69) is 0 Å². The Balaban J connectivity index is 0. The Morgan fingerprint density at radius 2 is 1.62 bits per heavy atom. The van der Waals surface area contributed by atoms with Crippen LogP contribution >= 0.6 is 22.9 Å². The lowest BCUT2D eigenvalue weighted by Crippen LogP contribution is -2.09. The highest BCUT2D eigenvalue weighted by molar-refractivity contribution is 14.1. The summed E-state index contributed by atoms with van der Waals surface area (Å²) in [5, 5.41) is 0. The summed E-state index contributed by atoms with van der Waals surface area (Å²) in [5.74, 6) is 0.0793. The van der Waals surface area contributed by atoms with Crippen molar-refractivity contribution in [2.75, 3.05) is 7.05 Å². The van der Waals surface area contributed by atoms with E-state index >= 15 is 0 Å². The molecule has 1 amide bonds. The van der Waals surface area contributed by atoms with Crippen LogP contribution in [0.25, 0.3) is 0 Å². The van der Waals surface area contributed by atoms with E-state index in [1.807, 2.05) is 36.7 Å². The van der Waals surface area contributed by atoms with Crippen LogP contribution in [-0.2, 0) is 4.79 Å². The van der Waals surface area contributed by atoms with Crippen molar-refractivity contribution < 1.29 is 4.79 Å². The molecule has 0 rings (SSSR count). The molecule has 0 aliphatic heterocycles. The van der Waals surface area contributed by atoms with Crippen molar-refractivity contribution in [3.8, 4) is 0 Å². The number of nitrogens with zero attached hydrogens (tertiary/aromatic N) is 1. The molecular weight excluding hydrogens is 217 g/mol. The van der Waals surface area contributed by atoms with Gasteiger partial charge in [0.2, 0.25) is 5.91 Å². The van der Waals surface area contributed by atoms with Crippen LogP contribution in [0.4, 0.5) is 0 Å². The molecule has 0 N–H and O–H groups in total. The predicted octanol–water partition coefficient (Wildman–Crippen LogP) is 1.84. The fourth-order valence-corrected chi connectivity index (χ4v) is 0. The Morgan fingerprint density at radius 1 is 1.50 bits per heavy atom. The quantitative estimate of drug-likeness (QED) is 0.458. The van der Waals surface area contributed by atoms with Gasteiger partial charge in [0.1, 0.15) is 0 Å². The van der Waals surface area contributed by atoms with E-state index in [0.29, 0.717) is 0 Å². The summed E-state index contributed by atoms with van der Waals surface area (Å²) >= 11 is 1.92. The van der Waals surface area contributed by atoms with Crippen molar-refractivity contribution in [3.05, 3.63) is 0 Å². The molecule has 0 atom stereocenters. The van der Waals surface area contributed by atoms with Gasteiger partial charge in [-0.1, -0.05) is 13.8 Å². The number of carbonyl (C=O) groups is 1. The first-order valence-corrected chi connectivity index (χ1v) is 3.51. The fourth-order valence-electron chi connectivity index (χ4n) is 0. The highest BCUT2D eigenvalue weighted by Crippen LogP contribution is 1.89. The molecule has 0 aromatic carbocycles. The molecule has 2 nitrogen and oxygen atoms in total. The lowest BCUT2D eigenvalue weighted by atomic mass is 10.7. The summed E-state index contributed by atoms with van der Waals surface area (Å²) < 4.78 is 1.50. The Bertz CT molecular complexity index is 63.4. The predicted molar refractivity (Wildman–Crippen MR) is 43.8 cm³/mol. The van der Waals surface area contributed by atoms with Crippen molar-refractivity contribution in [2.45, 2.75) is 20.8 Å². The maximum Gasteiger partial charge on any atom is 0.227 e. The van der Waals surface area contributed by atoms with Crippen LogP contribution in [0.15, 0.2) is 0 Å². The van der Waals surface area contributed by atoms with E-state index in [9.17, 15) is 4.79 Å². The van der Waals surface area contributed by atoms with Crippen LogP contribution in [0.1, 0.15) is 20.8 Å². The number of carbonyl (C=O) groups excluding carboxylic acids is 1. The van der Waals surface area contributed by atoms with Crippen molar-refractivity contribution in [1.82, 2.24) is 3.11 Å². The van der Waals surface area contributed by atoms with Gasteiger partial charge in [-0.3, -0.25) is 7.91 Å². The zero-order chi connectivity index (χ0) is 7.15. The van der Waals surface area contributed by atoms with Crippen molar-refractivity contribution >= 4 is 28.8 Å². The molecule has 0 heterocycles. The van der Waals surface area contributed by atoms with Gasteiger partial charge in [-0.25, -0.2) is 0 Å². The molecule has 3 heteroatoms. The normalized spacial score (nSPS) is 6.62. The third-order valence-electron chi connectivity index (χ3n) is 0.434. The second-order valence-electron chi connectivity index (χ2n) is 0.996. The molecule has 0 aliphatic rings. The molecule has 0 saturated carbocycles. The van der Waals surface area contributed by atoms with Crippen LogP contribution in [0, 0.1) is 0 Å². The molecule has 0 radical (unpaired) electrons. The zero-order valence-electron chi connectivity index (χ0n) is 5.73. The van der Waals surface area contributed by atoms with Gasteiger partial charge in [-0.15, -0.1) is 0 Å². The first kappa shape index (κ1) is 11.1. The average molecular weight is 229 g/mol. The number of amides is 1. The SMILES string of the molecule is CC.CC(=O)N(C)I. The second-order valence-corrected chi connectivity index (χ2v) is 2.44. The highest BCUT2D eigenvalue weighted by Gasteiger charge is 1.90. The lowest BCUT2D eigenvalue weighted by Gasteiger charge is -1.98. The Kier molecular flexibility index (Phi) is 9.95. The first-order chi connectivity index (χ1) is 3.64. The number of rotatable bonds is 0. The number of hydrogen-bond acceptors (Lipinski definition) is 1. The van der Waals surface area contributed by atoms with E-state index in [1.165, 1.54) is 10.0 Å². The van der Waals surface area contributed by atoms with E-state index in [-0.39, 0.29) is 5.91 Å². The Labute approximate surface area is 64.7 Å². The minimum absolute atomic E-state index is 0.0793. The number of halogens is 1. The molecule has 50 valence electrons. The molecule has 0 bridgehead atoms.